The maximum Gasteiger partial charge on any atom is 0.229 e. The molecule has 10 heteroatoms. The van der Waals surface area contributed by atoms with Gasteiger partial charge in [0.2, 0.25) is 5.91 Å². The lowest BCUT2D eigenvalue weighted by Gasteiger charge is -2.22. The molecule has 2 aromatic heterocycles. The van der Waals surface area contributed by atoms with Gasteiger partial charge in [-0.2, -0.15) is 0 Å². The van der Waals surface area contributed by atoms with Crippen molar-refractivity contribution >= 4 is 44.2 Å². The van der Waals surface area contributed by atoms with E-state index in [0.29, 0.717) is 36.1 Å². The summed E-state index contributed by atoms with van der Waals surface area (Å²) in [5.74, 6) is 1.21. The SMILES string of the molecule is O=C(Nc1cc(-c2ccc3ncn(CC4CCS(=O)(=O)CC4)c3c2)c(Cl)cn1)[C@@H]1CCCNC1. The third-order valence-electron chi connectivity index (χ3n) is 6.84. The quantitative estimate of drug-likeness (QED) is 0.554. The molecule has 0 radical (unpaired) electrons. The van der Waals surface area contributed by atoms with Crippen LogP contribution in [0.2, 0.25) is 5.02 Å². The fraction of sp³-hybridized carbons (Fsp3) is 0.458. The average molecular weight is 502 g/mol. The Morgan fingerprint density at radius 1 is 1.18 bits per heavy atom. The first kappa shape index (κ1) is 23.3. The monoisotopic (exact) mass is 501 g/mol. The van der Waals surface area contributed by atoms with Crippen LogP contribution in [0.1, 0.15) is 25.7 Å². The summed E-state index contributed by atoms with van der Waals surface area (Å²) in [6.07, 6.45) is 6.59. The summed E-state index contributed by atoms with van der Waals surface area (Å²) in [5, 5.41) is 6.70. The molecule has 0 unspecified atom stereocenters. The number of carbonyl (C=O) groups is 1. The van der Waals surface area contributed by atoms with Gasteiger partial charge in [0, 0.05) is 24.8 Å². The van der Waals surface area contributed by atoms with Gasteiger partial charge >= 0.3 is 0 Å². The van der Waals surface area contributed by atoms with Crippen molar-refractivity contribution < 1.29 is 13.2 Å². The molecule has 34 heavy (non-hydrogen) atoms. The number of nitrogens with one attached hydrogen (secondary N) is 2. The normalized spacial score (nSPS) is 20.9. The first-order valence-corrected chi connectivity index (χ1v) is 13.9. The van der Waals surface area contributed by atoms with Crippen molar-refractivity contribution in [1.29, 1.82) is 0 Å². The predicted molar refractivity (Wildman–Crippen MR) is 134 cm³/mol. The number of hydrogen-bond donors (Lipinski definition) is 2. The molecule has 4 heterocycles. The van der Waals surface area contributed by atoms with Crippen LogP contribution in [0.25, 0.3) is 22.2 Å². The van der Waals surface area contributed by atoms with Crippen LogP contribution in [0.15, 0.2) is 36.8 Å². The summed E-state index contributed by atoms with van der Waals surface area (Å²) in [7, 11) is -2.88. The number of hydrogen-bond acceptors (Lipinski definition) is 6. The molecule has 8 nitrogen and oxygen atoms in total. The second-order valence-corrected chi connectivity index (χ2v) is 12.0. The standard InChI is InChI=1S/C24H28ClN5O3S/c25-20-13-27-23(29-24(31)18-2-1-7-26-12-18)11-19(20)17-3-4-21-22(10-17)30(15-28-21)14-16-5-8-34(32,33)9-6-16/h3-4,10-11,13,15-16,18,26H,1-2,5-9,12,14H2,(H,27,29,31)/t18-/m1/s1. The Morgan fingerprint density at radius 3 is 2.76 bits per heavy atom. The predicted octanol–water partition coefficient (Wildman–Crippen LogP) is 3.51. The zero-order chi connectivity index (χ0) is 23.7. The molecule has 1 amide bonds. The van der Waals surface area contributed by atoms with Gasteiger partial charge in [-0.05, 0) is 61.9 Å². The van der Waals surface area contributed by atoms with Gasteiger partial charge in [0.25, 0.3) is 0 Å². The molecule has 2 fully saturated rings. The maximum atomic E-state index is 12.6. The lowest BCUT2D eigenvalue weighted by molar-refractivity contribution is -0.120. The number of carbonyl (C=O) groups excluding carboxylic acids is 1. The lowest BCUT2D eigenvalue weighted by atomic mass is 9.99. The van der Waals surface area contributed by atoms with Crippen LogP contribution in [-0.2, 0) is 21.2 Å². The molecule has 2 aliphatic heterocycles. The Balaban J connectivity index is 1.37. The van der Waals surface area contributed by atoms with E-state index in [2.05, 4.69) is 25.2 Å². The molecular formula is C24H28ClN5O3S. The molecule has 1 atom stereocenters. The largest absolute Gasteiger partial charge is 0.330 e. The number of sulfone groups is 1. The van der Waals surface area contributed by atoms with E-state index in [1.54, 1.807) is 6.20 Å². The van der Waals surface area contributed by atoms with Crippen LogP contribution in [0.3, 0.4) is 0 Å². The molecule has 180 valence electrons. The number of fused-ring (bicyclic) bond motifs is 1. The number of halogens is 1. The zero-order valence-corrected chi connectivity index (χ0v) is 20.4. The molecule has 0 bridgehead atoms. The third kappa shape index (κ3) is 5.11. The fourth-order valence-electron chi connectivity index (χ4n) is 4.80. The second-order valence-electron chi connectivity index (χ2n) is 9.28. The molecule has 2 saturated heterocycles. The molecule has 5 rings (SSSR count). The summed E-state index contributed by atoms with van der Waals surface area (Å²) < 4.78 is 25.6. The minimum absolute atomic E-state index is 0.0315. The minimum Gasteiger partial charge on any atom is -0.330 e. The van der Waals surface area contributed by atoms with Gasteiger partial charge in [-0.3, -0.25) is 4.79 Å². The van der Waals surface area contributed by atoms with Crippen molar-refractivity contribution in [2.75, 3.05) is 29.9 Å². The van der Waals surface area contributed by atoms with Gasteiger partial charge in [0.1, 0.15) is 15.7 Å². The van der Waals surface area contributed by atoms with Crippen LogP contribution < -0.4 is 10.6 Å². The number of aromatic nitrogens is 3. The minimum atomic E-state index is -2.88. The summed E-state index contributed by atoms with van der Waals surface area (Å²) in [4.78, 5) is 21.5. The average Bonchev–Trinajstić information content (AvgIpc) is 3.24. The Hall–Kier alpha value is -2.49. The number of anilines is 1. The highest BCUT2D eigenvalue weighted by atomic mass is 35.5. The lowest BCUT2D eigenvalue weighted by Crippen LogP contribution is -2.37. The van der Waals surface area contributed by atoms with Crippen molar-refractivity contribution in [3.63, 3.8) is 0 Å². The van der Waals surface area contributed by atoms with Crippen LogP contribution in [-0.4, -0.2) is 53.5 Å². The van der Waals surface area contributed by atoms with E-state index in [0.717, 1.165) is 48.1 Å². The van der Waals surface area contributed by atoms with Crippen molar-refractivity contribution in [2.24, 2.45) is 11.8 Å². The molecular weight excluding hydrogens is 474 g/mol. The van der Waals surface area contributed by atoms with Gasteiger partial charge in [0.15, 0.2) is 0 Å². The number of benzene rings is 1. The first-order chi connectivity index (χ1) is 16.4. The van der Waals surface area contributed by atoms with E-state index >= 15 is 0 Å². The smallest absolute Gasteiger partial charge is 0.229 e. The van der Waals surface area contributed by atoms with Crippen LogP contribution in [0.4, 0.5) is 5.82 Å². The van der Waals surface area contributed by atoms with E-state index in [1.807, 2.05) is 30.6 Å². The summed E-state index contributed by atoms with van der Waals surface area (Å²) >= 11 is 6.50. The zero-order valence-electron chi connectivity index (χ0n) is 18.8. The van der Waals surface area contributed by atoms with Crippen molar-refractivity contribution in [3.8, 4) is 11.1 Å². The van der Waals surface area contributed by atoms with Gasteiger partial charge in [-0.1, -0.05) is 17.7 Å². The Bertz CT molecular complexity index is 1300. The molecule has 0 spiro atoms. The number of rotatable bonds is 5. The Labute approximate surface area is 204 Å². The van der Waals surface area contributed by atoms with Crippen molar-refractivity contribution in [2.45, 2.75) is 32.2 Å². The van der Waals surface area contributed by atoms with E-state index in [1.165, 1.54) is 0 Å². The van der Waals surface area contributed by atoms with Crippen LogP contribution in [0, 0.1) is 11.8 Å². The van der Waals surface area contributed by atoms with Crippen LogP contribution >= 0.6 is 11.6 Å². The Kier molecular flexibility index (Phi) is 6.59. The van der Waals surface area contributed by atoms with E-state index in [4.69, 9.17) is 11.6 Å². The van der Waals surface area contributed by atoms with Gasteiger partial charge in [-0.25, -0.2) is 18.4 Å². The number of amides is 1. The topological polar surface area (TPSA) is 106 Å². The van der Waals surface area contributed by atoms with E-state index in [-0.39, 0.29) is 23.3 Å². The molecule has 0 saturated carbocycles. The third-order valence-corrected chi connectivity index (χ3v) is 8.85. The number of imidazole rings is 1. The van der Waals surface area contributed by atoms with E-state index in [9.17, 15) is 13.2 Å². The van der Waals surface area contributed by atoms with Crippen LogP contribution in [0.5, 0.6) is 0 Å². The highest BCUT2D eigenvalue weighted by Gasteiger charge is 2.24. The second kappa shape index (κ2) is 9.64. The fourth-order valence-corrected chi connectivity index (χ4v) is 6.60. The van der Waals surface area contributed by atoms with E-state index < -0.39 is 9.84 Å². The molecule has 1 aromatic carbocycles. The summed E-state index contributed by atoms with van der Waals surface area (Å²) in [5.41, 5.74) is 3.53. The highest BCUT2D eigenvalue weighted by molar-refractivity contribution is 7.91. The van der Waals surface area contributed by atoms with Crippen molar-refractivity contribution in [1.82, 2.24) is 19.9 Å². The first-order valence-electron chi connectivity index (χ1n) is 11.7. The summed E-state index contributed by atoms with van der Waals surface area (Å²) in [6, 6.07) is 7.77. The molecule has 2 N–H and O–H groups in total. The molecule has 2 aliphatic rings. The van der Waals surface area contributed by atoms with Crippen molar-refractivity contribution in [3.05, 3.63) is 41.8 Å². The maximum absolute atomic E-state index is 12.6. The van der Waals surface area contributed by atoms with Gasteiger partial charge in [-0.15, -0.1) is 0 Å². The highest BCUT2D eigenvalue weighted by Crippen LogP contribution is 2.32. The number of pyridine rings is 1. The number of piperidine rings is 1. The van der Waals surface area contributed by atoms with Gasteiger partial charge < -0.3 is 15.2 Å². The number of nitrogens with zero attached hydrogens (tertiary/aromatic N) is 3. The molecule has 0 aliphatic carbocycles. The summed E-state index contributed by atoms with van der Waals surface area (Å²) in [6.45, 7) is 2.36. The Morgan fingerprint density at radius 2 is 2.00 bits per heavy atom. The van der Waals surface area contributed by atoms with Gasteiger partial charge in [0.05, 0.1) is 39.8 Å². The molecule has 3 aromatic rings.